The molecule has 1 aromatic rings. The minimum absolute atomic E-state index is 0.0151. The molecule has 0 heterocycles. The highest BCUT2D eigenvalue weighted by molar-refractivity contribution is 6.34. The first-order chi connectivity index (χ1) is 8.88. The van der Waals surface area contributed by atoms with Gasteiger partial charge in [0.15, 0.2) is 0 Å². The number of nitro groups is 1. The summed E-state index contributed by atoms with van der Waals surface area (Å²) in [5, 5.41) is 13.6. The number of non-ortho nitro benzene ring substituents is 1. The minimum atomic E-state index is -0.604. The molecule has 1 amide bonds. The van der Waals surface area contributed by atoms with E-state index in [4.69, 9.17) is 17.3 Å². The van der Waals surface area contributed by atoms with Gasteiger partial charge in [0, 0.05) is 18.2 Å². The summed E-state index contributed by atoms with van der Waals surface area (Å²) >= 11 is 5.81. The molecule has 0 atom stereocenters. The van der Waals surface area contributed by atoms with E-state index in [9.17, 15) is 14.9 Å². The van der Waals surface area contributed by atoms with Crippen LogP contribution in [-0.2, 0) is 0 Å². The summed E-state index contributed by atoms with van der Waals surface area (Å²) < 4.78 is 0. The van der Waals surface area contributed by atoms with Gasteiger partial charge in [0.2, 0.25) is 0 Å². The Morgan fingerprint density at radius 2 is 2.16 bits per heavy atom. The minimum Gasteiger partial charge on any atom is -0.397 e. The number of anilines is 1. The lowest BCUT2D eigenvalue weighted by atomic mass is 9.82. The Morgan fingerprint density at radius 3 is 2.68 bits per heavy atom. The summed E-state index contributed by atoms with van der Waals surface area (Å²) in [5.41, 5.74) is 5.58. The molecular formula is C12H14ClN3O3. The summed E-state index contributed by atoms with van der Waals surface area (Å²) in [6.45, 7) is 2.10. The topological polar surface area (TPSA) is 98.3 Å². The van der Waals surface area contributed by atoms with Gasteiger partial charge in [0.25, 0.3) is 11.6 Å². The first-order valence-corrected chi connectivity index (χ1v) is 6.30. The quantitative estimate of drug-likeness (QED) is 0.505. The number of halogens is 1. The van der Waals surface area contributed by atoms with Crippen molar-refractivity contribution < 1.29 is 9.72 Å². The van der Waals surface area contributed by atoms with Crippen molar-refractivity contribution in [2.75, 3.05) is 5.73 Å². The third-order valence-corrected chi connectivity index (χ3v) is 3.59. The summed E-state index contributed by atoms with van der Waals surface area (Å²) in [6.07, 6.45) is 1.82. The molecule has 19 heavy (non-hydrogen) atoms. The Balaban J connectivity index is 2.22. The van der Waals surface area contributed by atoms with Crippen LogP contribution in [0.4, 0.5) is 11.4 Å². The van der Waals surface area contributed by atoms with Gasteiger partial charge in [-0.25, -0.2) is 0 Å². The van der Waals surface area contributed by atoms with Gasteiger partial charge in [-0.05, 0) is 18.8 Å². The first-order valence-electron chi connectivity index (χ1n) is 5.92. The molecule has 1 aliphatic rings. The number of rotatable bonds is 3. The normalized spacial score (nSPS) is 21.6. The van der Waals surface area contributed by atoms with Crippen LogP contribution < -0.4 is 11.1 Å². The monoisotopic (exact) mass is 283 g/mol. The standard InChI is InChI=1S/C12H14ClN3O3/c1-6-2-7(3-6)15-12(17)9-4-8(16(18)19)5-10(13)11(9)14/h4-7H,2-3,14H2,1H3,(H,15,17). The third-order valence-electron chi connectivity index (χ3n) is 3.28. The lowest BCUT2D eigenvalue weighted by molar-refractivity contribution is -0.384. The molecule has 102 valence electrons. The Hall–Kier alpha value is -1.82. The molecule has 1 saturated carbocycles. The molecule has 1 aromatic carbocycles. The Labute approximate surface area is 115 Å². The number of nitrogen functional groups attached to an aromatic ring is 1. The number of nitrogens with two attached hydrogens (primary N) is 1. The average molecular weight is 284 g/mol. The van der Waals surface area contributed by atoms with E-state index in [1.807, 2.05) is 0 Å². The van der Waals surface area contributed by atoms with Crippen LogP contribution in [-0.4, -0.2) is 16.9 Å². The van der Waals surface area contributed by atoms with Crippen LogP contribution in [0.3, 0.4) is 0 Å². The molecule has 2 rings (SSSR count). The van der Waals surface area contributed by atoms with Crippen molar-refractivity contribution in [3.63, 3.8) is 0 Å². The van der Waals surface area contributed by atoms with Crippen molar-refractivity contribution in [1.82, 2.24) is 5.32 Å². The molecule has 0 unspecified atom stereocenters. The average Bonchev–Trinajstić information content (AvgIpc) is 2.30. The Morgan fingerprint density at radius 1 is 1.53 bits per heavy atom. The molecular weight excluding hydrogens is 270 g/mol. The van der Waals surface area contributed by atoms with E-state index in [0.29, 0.717) is 5.92 Å². The van der Waals surface area contributed by atoms with Gasteiger partial charge in [0.1, 0.15) is 0 Å². The van der Waals surface area contributed by atoms with Crippen LogP contribution in [0.1, 0.15) is 30.1 Å². The predicted molar refractivity (Wildman–Crippen MR) is 72.2 cm³/mol. The lowest BCUT2D eigenvalue weighted by Gasteiger charge is -2.33. The molecule has 0 bridgehead atoms. The fourth-order valence-electron chi connectivity index (χ4n) is 2.18. The summed E-state index contributed by atoms with van der Waals surface area (Å²) in [6, 6.07) is 2.40. The number of benzene rings is 1. The Bertz CT molecular complexity index is 541. The molecule has 0 aromatic heterocycles. The van der Waals surface area contributed by atoms with Gasteiger partial charge in [-0.3, -0.25) is 14.9 Å². The second-order valence-electron chi connectivity index (χ2n) is 4.89. The van der Waals surface area contributed by atoms with Crippen LogP contribution in [0, 0.1) is 16.0 Å². The van der Waals surface area contributed by atoms with Crippen LogP contribution in [0.2, 0.25) is 5.02 Å². The molecule has 0 spiro atoms. The maximum absolute atomic E-state index is 12.0. The molecule has 0 saturated heterocycles. The van der Waals surface area contributed by atoms with Crippen molar-refractivity contribution in [2.24, 2.45) is 5.92 Å². The van der Waals surface area contributed by atoms with E-state index < -0.39 is 10.8 Å². The third kappa shape index (κ3) is 2.78. The molecule has 3 N–H and O–H groups in total. The van der Waals surface area contributed by atoms with Crippen molar-refractivity contribution >= 4 is 28.9 Å². The second-order valence-corrected chi connectivity index (χ2v) is 5.30. The number of nitro benzene ring substituents is 1. The zero-order valence-electron chi connectivity index (χ0n) is 10.4. The largest absolute Gasteiger partial charge is 0.397 e. The second kappa shape index (κ2) is 5.05. The highest BCUT2D eigenvalue weighted by atomic mass is 35.5. The number of carbonyl (C=O) groups excluding carboxylic acids is 1. The van der Waals surface area contributed by atoms with E-state index in [-0.39, 0.29) is 28.0 Å². The van der Waals surface area contributed by atoms with Crippen molar-refractivity contribution in [3.8, 4) is 0 Å². The molecule has 1 aliphatic carbocycles. The molecule has 7 heteroatoms. The van der Waals surface area contributed by atoms with Crippen molar-refractivity contribution in [3.05, 3.63) is 32.8 Å². The van der Waals surface area contributed by atoms with Gasteiger partial charge in [-0.15, -0.1) is 0 Å². The number of carbonyl (C=O) groups is 1. The molecule has 1 fully saturated rings. The Kier molecular flexibility index (Phi) is 3.61. The van der Waals surface area contributed by atoms with Crippen LogP contribution in [0.5, 0.6) is 0 Å². The molecule has 0 aliphatic heterocycles. The van der Waals surface area contributed by atoms with Crippen molar-refractivity contribution in [2.45, 2.75) is 25.8 Å². The zero-order valence-corrected chi connectivity index (χ0v) is 11.1. The fraction of sp³-hybridized carbons (Fsp3) is 0.417. The first kappa shape index (κ1) is 13.6. The zero-order chi connectivity index (χ0) is 14.2. The number of amides is 1. The van der Waals surface area contributed by atoms with Gasteiger partial charge in [-0.1, -0.05) is 18.5 Å². The fourth-order valence-corrected chi connectivity index (χ4v) is 2.39. The van der Waals surface area contributed by atoms with E-state index in [1.54, 1.807) is 0 Å². The van der Waals surface area contributed by atoms with Crippen molar-refractivity contribution in [1.29, 1.82) is 0 Å². The van der Waals surface area contributed by atoms with E-state index in [1.165, 1.54) is 0 Å². The summed E-state index contributed by atoms with van der Waals surface area (Å²) in [4.78, 5) is 22.2. The summed E-state index contributed by atoms with van der Waals surface area (Å²) in [5.74, 6) is 0.177. The predicted octanol–water partition coefficient (Wildman–Crippen LogP) is 2.36. The smallest absolute Gasteiger partial charge is 0.271 e. The van der Waals surface area contributed by atoms with Crippen LogP contribution in [0.25, 0.3) is 0 Å². The van der Waals surface area contributed by atoms with Crippen LogP contribution >= 0.6 is 11.6 Å². The number of nitrogens with zero attached hydrogens (tertiary/aromatic N) is 1. The van der Waals surface area contributed by atoms with E-state index in [0.717, 1.165) is 25.0 Å². The van der Waals surface area contributed by atoms with Gasteiger partial charge < -0.3 is 11.1 Å². The number of hydrogen-bond acceptors (Lipinski definition) is 4. The van der Waals surface area contributed by atoms with E-state index >= 15 is 0 Å². The van der Waals surface area contributed by atoms with Gasteiger partial charge >= 0.3 is 0 Å². The van der Waals surface area contributed by atoms with Crippen LogP contribution in [0.15, 0.2) is 12.1 Å². The van der Waals surface area contributed by atoms with Gasteiger partial charge in [-0.2, -0.15) is 0 Å². The maximum atomic E-state index is 12.0. The number of nitrogens with one attached hydrogen (secondary N) is 1. The number of hydrogen-bond donors (Lipinski definition) is 2. The molecule has 0 radical (unpaired) electrons. The highest BCUT2D eigenvalue weighted by Gasteiger charge is 2.28. The maximum Gasteiger partial charge on any atom is 0.271 e. The van der Waals surface area contributed by atoms with Gasteiger partial charge in [0.05, 0.1) is 21.2 Å². The van der Waals surface area contributed by atoms with E-state index in [2.05, 4.69) is 12.2 Å². The molecule has 6 nitrogen and oxygen atoms in total. The summed E-state index contributed by atoms with van der Waals surface area (Å²) in [7, 11) is 0. The SMILES string of the molecule is CC1CC(NC(=O)c2cc([N+](=O)[O-])cc(Cl)c2N)C1. The highest BCUT2D eigenvalue weighted by Crippen LogP contribution is 2.30. The lowest BCUT2D eigenvalue weighted by Crippen LogP contribution is -2.43.